The normalized spacial score (nSPS) is 23.8. The summed E-state index contributed by atoms with van der Waals surface area (Å²) in [6.45, 7) is 6.16. The number of carbonyl (C=O) groups excluding carboxylic acids is 2. The number of rotatable bonds is 6. The predicted molar refractivity (Wildman–Crippen MR) is 92.2 cm³/mol. The lowest BCUT2D eigenvalue weighted by molar-refractivity contribution is -0.185. The minimum absolute atomic E-state index is 0.125. The van der Waals surface area contributed by atoms with Crippen LogP contribution in [0.15, 0.2) is 0 Å². The highest BCUT2D eigenvalue weighted by molar-refractivity contribution is 5.82. The second-order valence-corrected chi connectivity index (χ2v) is 8.24. The minimum Gasteiger partial charge on any atom is -0.436 e. The van der Waals surface area contributed by atoms with Gasteiger partial charge in [0.1, 0.15) is 0 Å². The molecule has 152 valence electrons. The van der Waals surface area contributed by atoms with Gasteiger partial charge in [-0.3, -0.25) is 4.79 Å². The molecule has 2 amide bonds. The van der Waals surface area contributed by atoms with Crippen LogP contribution < -0.4 is 11.1 Å². The first kappa shape index (κ1) is 22.6. The van der Waals surface area contributed by atoms with Crippen molar-refractivity contribution >= 4 is 12.0 Å². The largest absolute Gasteiger partial charge is 0.436 e. The number of nitrogens with two attached hydrogens (primary N) is 1. The minimum atomic E-state index is -4.12. The van der Waals surface area contributed by atoms with Crippen molar-refractivity contribution in [2.75, 3.05) is 7.05 Å². The molecule has 0 aromatic heterocycles. The number of halogens is 3. The molecule has 2 atom stereocenters. The van der Waals surface area contributed by atoms with Crippen LogP contribution in [0.5, 0.6) is 0 Å². The first-order valence-corrected chi connectivity index (χ1v) is 9.10. The number of carbonyl (C=O) groups is 2. The molecule has 0 spiro atoms. The number of hydrogen-bond acceptors (Lipinski definition) is 3. The van der Waals surface area contributed by atoms with Crippen LogP contribution in [0.2, 0.25) is 0 Å². The van der Waals surface area contributed by atoms with Crippen LogP contribution >= 0.6 is 0 Å². The lowest BCUT2D eigenvalue weighted by atomic mass is 9.65. The molecule has 26 heavy (non-hydrogen) atoms. The third-order valence-electron chi connectivity index (χ3n) is 5.45. The second kappa shape index (κ2) is 8.95. The van der Waals surface area contributed by atoms with E-state index in [1.807, 2.05) is 0 Å². The van der Waals surface area contributed by atoms with E-state index in [9.17, 15) is 22.8 Å². The predicted octanol–water partition coefficient (Wildman–Crippen LogP) is 4.01. The van der Waals surface area contributed by atoms with E-state index in [4.69, 9.17) is 10.5 Å². The Kier molecular flexibility index (Phi) is 7.77. The molecule has 1 aliphatic carbocycles. The molecule has 0 aliphatic heterocycles. The maximum absolute atomic E-state index is 12.9. The van der Waals surface area contributed by atoms with Crippen LogP contribution in [-0.4, -0.2) is 31.3 Å². The van der Waals surface area contributed by atoms with E-state index < -0.39 is 30.2 Å². The van der Waals surface area contributed by atoms with Gasteiger partial charge < -0.3 is 15.8 Å². The molecule has 1 fully saturated rings. The Bertz CT molecular complexity index is 481. The van der Waals surface area contributed by atoms with E-state index in [1.165, 1.54) is 7.05 Å². The average Bonchev–Trinajstić information content (AvgIpc) is 2.51. The Hall–Kier alpha value is -1.47. The van der Waals surface area contributed by atoms with Gasteiger partial charge in [-0.2, -0.15) is 13.2 Å². The van der Waals surface area contributed by atoms with Gasteiger partial charge in [-0.15, -0.1) is 0 Å². The van der Waals surface area contributed by atoms with Crippen LogP contribution in [0.4, 0.5) is 18.0 Å². The van der Waals surface area contributed by atoms with E-state index in [0.29, 0.717) is 25.7 Å². The molecule has 0 bridgehead atoms. The third-order valence-corrected chi connectivity index (χ3v) is 5.45. The van der Waals surface area contributed by atoms with Crippen molar-refractivity contribution in [3.05, 3.63) is 0 Å². The lowest BCUT2D eigenvalue weighted by Gasteiger charge is -2.41. The summed E-state index contributed by atoms with van der Waals surface area (Å²) in [5.74, 6) is -1.36. The molecule has 0 aromatic carbocycles. The molecule has 3 N–H and O–H groups in total. The topological polar surface area (TPSA) is 81.4 Å². The fourth-order valence-electron chi connectivity index (χ4n) is 4.10. The van der Waals surface area contributed by atoms with Crippen molar-refractivity contribution in [2.24, 2.45) is 28.9 Å². The van der Waals surface area contributed by atoms with Crippen LogP contribution in [0.1, 0.15) is 59.3 Å². The highest BCUT2D eigenvalue weighted by Gasteiger charge is 2.44. The fraction of sp³-hybridized carbons (Fsp3) is 0.889. The Labute approximate surface area is 153 Å². The molecular formula is C18H31F3N2O3. The number of likely N-dealkylation sites (N-methyl/N-ethyl adjacent to an activating group) is 1. The summed E-state index contributed by atoms with van der Waals surface area (Å²) in [6, 6.07) is 0. The van der Waals surface area contributed by atoms with E-state index in [-0.39, 0.29) is 30.1 Å². The van der Waals surface area contributed by atoms with Gasteiger partial charge in [-0.1, -0.05) is 20.8 Å². The summed E-state index contributed by atoms with van der Waals surface area (Å²) < 4.78 is 43.6. The van der Waals surface area contributed by atoms with Crippen molar-refractivity contribution in [3.8, 4) is 0 Å². The SMILES string of the molecule is CNC(=O)C(CCC(C1CCC(C(F)(F)F)CC1)C(C)(C)C)OC(N)=O. The second-order valence-electron chi connectivity index (χ2n) is 8.24. The van der Waals surface area contributed by atoms with Crippen LogP contribution in [0.25, 0.3) is 0 Å². The quantitative estimate of drug-likeness (QED) is 0.730. The van der Waals surface area contributed by atoms with E-state index in [2.05, 4.69) is 26.1 Å². The van der Waals surface area contributed by atoms with Crippen molar-refractivity contribution in [1.29, 1.82) is 0 Å². The summed E-state index contributed by atoms with van der Waals surface area (Å²) in [5.41, 5.74) is 4.90. The van der Waals surface area contributed by atoms with Crippen LogP contribution in [-0.2, 0) is 9.53 Å². The summed E-state index contributed by atoms with van der Waals surface area (Å²) in [4.78, 5) is 22.9. The molecule has 0 saturated heterocycles. The van der Waals surface area contributed by atoms with Gasteiger partial charge in [-0.05, 0) is 55.8 Å². The molecule has 5 nitrogen and oxygen atoms in total. The maximum atomic E-state index is 12.9. The maximum Gasteiger partial charge on any atom is 0.405 e. The monoisotopic (exact) mass is 380 g/mol. The number of amides is 2. The number of ether oxygens (including phenoxy) is 1. The molecule has 1 rings (SSSR count). The zero-order chi connectivity index (χ0) is 20.1. The zero-order valence-electron chi connectivity index (χ0n) is 16.0. The van der Waals surface area contributed by atoms with Gasteiger partial charge in [0.15, 0.2) is 6.10 Å². The van der Waals surface area contributed by atoms with Gasteiger partial charge in [0.05, 0.1) is 5.92 Å². The van der Waals surface area contributed by atoms with Gasteiger partial charge >= 0.3 is 12.3 Å². The first-order valence-electron chi connectivity index (χ1n) is 9.10. The Morgan fingerprint density at radius 2 is 1.65 bits per heavy atom. The Morgan fingerprint density at radius 1 is 1.12 bits per heavy atom. The summed E-state index contributed by atoms with van der Waals surface area (Å²) >= 11 is 0. The van der Waals surface area contributed by atoms with Crippen molar-refractivity contribution in [1.82, 2.24) is 5.32 Å². The standard InChI is InChI=1S/C18H31F3N2O3/c1-17(2,3)13(9-10-14(15(24)23-4)26-16(22)25)11-5-7-12(8-6-11)18(19,20)21/h11-14H,5-10H2,1-4H3,(H2,22,25)(H,23,24). The van der Waals surface area contributed by atoms with Gasteiger partial charge in [-0.25, -0.2) is 4.79 Å². The molecule has 8 heteroatoms. The van der Waals surface area contributed by atoms with E-state index in [1.54, 1.807) is 0 Å². The summed E-state index contributed by atoms with van der Waals surface area (Å²) in [7, 11) is 1.44. The fourth-order valence-corrected chi connectivity index (χ4v) is 4.10. The summed E-state index contributed by atoms with van der Waals surface area (Å²) in [5, 5.41) is 2.44. The molecular weight excluding hydrogens is 349 g/mol. The number of primary amides is 1. The van der Waals surface area contributed by atoms with Gasteiger partial charge in [0.25, 0.3) is 5.91 Å². The molecule has 0 radical (unpaired) electrons. The molecule has 1 aliphatic rings. The van der Waals surface area contributed by atoms with E-state index >= 15 is 0 Å². The van der Waals surface area contributed by atoms with Crippen LogP contribution in [0.3, 0.4) is 0 Å². The smallest absolute Gasteiger partial charge is 0.405 e. The highest BCUT2D eigenvalue weighted by Crippen LogP contribution is 2.47. The molecule has 0 aromatic rings. The molecule has 2 unspecified atom stereocenters. The zero-order valence-corrected chi connectivity index (χ0v) is 16.0. The Morgan fingerprint density at radius 3 is 2.04 bits per heavy atom. The van der Waals surface area contributed by atoms with Gasteiger partial charge in [0, 0.05) is 7.05 Å². The highest BCUT2D eigenvalue weighted by atomic mass is 19.4. The van der Waals surface area contributed by atoms with Crippen molar-refractivity contribution in [2.45, 2.75) is 71.6 Å². The van der Waals surface area contributed by atoms with Gasteiger partial charge in [0.2, 0.25) is 0 Å². The van der Waals surface area contributed by atoms with Crippen molar-refractivity contribution in [3.63, 3.8) is 0 Å². The van der Waals surface area contributed by atoms with Crippen molar-refractivity contribution < 1.29 is 27.5 Å². The van der Waals surface area contributed by atoms with E-state index in [0.717, 1.165) is 0 Å². The summed E-state index contributed by atoms with van der Waals surface area (Å²) in [6.07, 6.45) is -3.90. The number of hydrogen-bond donors (Lipinski definition) is 2. The average molecular weight is 380 g/mol. The van der Waals surface area contributed by atoms with Crippen LogP contribution in [0, 0.1) is 23.2 Å². The Balaban J connectivity index is 2.76. The lowest BCUT2D eigenvalue weighted by Crippen LogP contribution is -2.39. The molecule has 0 heterocycles. The first-order chi connectivity index (χ1) is 11.9. The molecule has 1 saturated carbocycles. The third kappa shape index (κ3) is 6.68. The number of nitrogens with one attached hydrogen (secondary N) is 1. The number of alkyl halides is 3.